The Bertz CT molecular complexity index is 1170. The lowest BCUT2D eigenvalue weighted by Gasteiger charge is -2.24. The predicted octanol–water partition coefficient (Wildman–Crippen LogP) is 3.80. The van der Waals surface area contributed by atoms with Gasteiger partial charge in [0.2, 0.25) is 11.9 Å². The van der Waals surface area contributed by atoms with Gasteiger partial charge in [0, 0.05) is 17.1 Å². The molecule has 164 valence electrons. The van der Waals surface area contributed by atoms with Crippen molar-refractivity contribution in [2.45, 2.75) is 18.9 Å². The summed E-state index contributed by atoms with van der Waals surface area (Å²) in [6, 6.07) is 14.7. The normalized spacial score (nSPS) is 14.7. The molecule has 0 saturated heterocycles. The highest BCUT2D eigenvalue weighted by Crippen LogP contribution is 2.34. The van der Waals surface area contributed by atoms with E-state index in [4.69, 9.17) is 21.4 Å². The molecular weight excluding hydrogens is 434 g/mol. The number of ether oxygens (including phenoxy) is 1. The van der Waals surface area contributed by atoms with E-state index < -0.39 is 11.9 Å². The minimum absolute atomic E-state index is 0.0900. The molecule has 10 heteroatoms. The zero-order chi connectivity index (χ0) is 22.7. The molecular formula is C22H20ClN5O4. The fourth-order valence-corrected chi connectivity index (χ4v) is 3.42. The van der Waals surface area contributed by atoms with Gasteiger partial charge >= 0.3 is 5.97 Å². The molecule has 4 rings (SSSR count). The Kier molecular flexibility index (Phi) is 6.09. The van der Waals surface area contributed by atoms with E-state index in [0.717, 1.165) is 22.6 Å². The summed E-state index contributed by atoms with van der Waals surface area (Å²) in [5, 5.41) is 19.6. The number of anilines is 2. The number of aromatic nitrogens is 3. The van der Waals surface area contributed by atoms with E-state index in [9.17, 15) is 9.59 Å². The van der Waals surface area contributed by atoms with Crippen molar-refractivity contribution in [2.24, 2.45) is 0 Å². The quantitative estimate of drug-likeness (QED) is 0.497. The second-order valence-electron chi connectivity index (χ2n) is 7.08. The number of rotatable bonds is 7. The molecule has 1 amide bonds. The van der Waals surface area contributed by atoms with E-state index in [1.165, 1.54) is 0 Å². The number of halogens is 1. The standard InChI is InChI=1S/C22H20ClN5O4/c1-32-16-8-4-14(5-9-16)18-12-17(13-2-6-15(23)7-3-13)24-22-26-21(27-28(18)22)25-19(29)10-11-20(30)31/h2-9,12,18H,10-11H2,1H3,(H,30,31)(H2,24,25,26,27,29)/t18-/m1/s1. The van der Waals surface area contributed by atoms with Crippen LogP contribution in [0.3, 0.4) is 0 Å². The lowest BCUT2D eigenvalue weighted by molar-refractivity contribution is -0.138. The van der Waals surface area contributed by atoms with Gasteiger partial charge in [0.1, 0.15) is 11.8 Å². The van der Waals surface area contributed by atoms with Gasteiger partial charge in [-0.2, -0.15) is 4.98 Å². The van der Waals surface area contributed by atoms with E-state index in [2.05, 4.69) is 20.7 Å². The number of aliphatic carboxylic acids is 1. The molecule has 9 nitrogen and oxygen atoms in total. The Morgan fingerprint density at radius 2 is 1.88 bits per heavy atom. The summed E-state index contributed by atoms with van der Waals surface area (Å²) in [5.41, 5.74) is 2.66. The number of allylic oxidation sites excluding steroid dienone is 1. The summed E-state index contributed by atoms with van der Waals surface area (Å²) in [4.78, 5) is 27.1. The van der Waals surface area contributed by atoms with Crippen LogP contribution in [-0.2, 0) is 9.59 Å². The van der Waals surface area contributed by atoms with Crippen LogP contribution in [-0.4, -0.2) is 38.9 Å². The minimum atomic E-state index is -1.05. The summed E-state index contributed by atoms with van der Waals surface area (Å²) in [5.74, 6) is -0.258. The minimum Gasteiger partial charge on any atom is -0.497 e. The number of amides is 1. The summed E-state index contributed by atoms with van der Waals surface area (Å²) in [7, 11) is 1.60. The fourth-order valence-electron chi connectivity index (χ4n) is 3.29. The van der Waals surface area contributed by atoms with Crippen molar-refractivity contribution in [2.75, 3.05) is 17.7 Å². The van der Waals surface area contributed by atoms with Crippen LogP contribution in [0.4, 0.5) is 11.9 Å². The molecule has 3 N–H and O–H groups in total. The first-order chi connectivity index (χ1) is 15.4. The van der Waals surface area contributed by atoms with Gasteiger partial charge in [0.15, 0.2) is 0 Å². The third-order valence-electron chi connectivity index (χ3n) is 4.90. The number of methoxy groups -OCH3 is 1. The van der Waals surface area contributed by atoms with Crippen LogP contribution in [0.5, 0.6) is 5.75 Å². The maximum absolute atomic E-state index is 12.0. The van der Waals surface area contributed by atoms with Crippen LogP contribution in [0.2, 0.25) is 5.02 Å². The number of fused-ring (bicyclic) bond motifs is 1. The molecule has 1 aliphatic rings. The second-order valence-corrected chi connectivity index (χ2v) is 7.51. The molecule has 0 spiro atoms. The number of carboxylic acid groups (broad SMARTS) is 1. The van der Waals surface area contributed by atoms with Gasteiger partial charge in [-0.05, 0) is 41.5 Å². The molecule has 0 aliphatic carbocycles. The average molecular weight is 454 g/mol. The average Bonchev–Trinajstić information content (AvgIpc) is 3.20. The van der Waals surface area contributed by atoms with Gasteiger partial charge in [-0.15, -0.1) is 5.10 Å². The van der Waals surface area contributed by atoms with Crippen LogP contribution in [0.1, 0.15) is 30.0 Å². The molecule has 0 unspecified atom stereocenters. The van der Waals surface area contributed by atoms with Crippen LogP contribution in [0.25, 0.3) is 5.70 Å². The smallest absolute Gasteiger partial charge is 0.303 e. The van der Waals surface area contributed by atoms with E-state index in [1.807, 2.05) is 42.5 Å². The Labute approximate surface area is 188 Å². The molecule has 2 heterocycles. The van der Waals surface area contributed by atoms with Crippen molar-refractivity contribution in [1.29, 1.82) is 0 Å². The van der Waals surface area contributed by atoms with Gasteiger partial charge < -0.3 is 15.2 Å². The highest BCUT2D eigenvalue weighted by Gasteiger charge is 2.26. The van der Waals surface area contributed by atoms with Crippen LogP contribution in [0.15, 0.2) is 54.6 Å². The third kappa shape index (κ3) is 4.73. The van der Waals surface area contributed by atoms with Crippen molar-refractivity contribution in [3.05, 3.63) is 70.8 Å². The molecule has 32 heavy (non-hydrogen) atoms. The first kappa shape index (κ1) is 21.4. The summed E-state index contributed by atoms with van der Waals surface area (Å²) in [6.07, 6.45) is 1.57. The number of carbonyl (C=O) groups excluding carboxylic acids is 1. The van der Waals surface area contributed by atoms with Crippen molar-refractivity contribution < 1.29 is 19.4 Å². The first-order valence-electron chi connectivity index (χ1n) is 9.80. The van der Waals surface area contributed by atoms with E-state index in [1.54, 1.807) is 23.9 Å². The molecule has 0 fully saturated rings. The van der Waals surface area contributed by atoms with Crippen LogP contribution >= 0.6 is 11.6 Å². The number of nitrogens with zero attached hydrogens (tertiary/aromatic N) is 3. The number of hydrogen-bond acceptors (Lipinski definition) is 6. The number of carboxylic acids is 1. The Morgan fingerprint density at radius 1 is 1.16 bits per heavy atom. The van der Waals surface area contributed by atoms with Crippen molar-refractivity contribution in [1.82, 2.24) is 14.8 Å². The molecule has 0 saturated carbocycles. The summed E-state index contributed by atoms with van der Waals surface area (Å²) < 4.78 is 6.91. The van der Waals surface area contributed by atoms with Gasteiger partial charge in [-0.1, -0.05) is 35.9 Å². The second kappa shape index (κ2) is 9.11. The largest absolute Gasteiger partial charge is 0.497 e. The molecule has 0 radical (unpaired) electrons. The third-order valence-corrected chi connectivity index (χ3v) is 5.15. The Balaban J connectivity index is 1.67. The van der Waals surface area contributed by atoms with Gasteiger partial charge in [-0.3, -0.25) is 14.9 Å². The molecule has 1 atom stereocenters. The van der Waals surface area contributed by atoms with Crippen molar-refractivity contribution in [3.63, 3.8) is 0 Å². The summed E-state index contributed by atoms with van der Waals surface area (Å²) >= 11 is 6.03. The van der Waals surface area contributed by atoms with Crippen molar-refractivity contribution >= 4 is 41.1 Å². The molecule has 3 aromatic rings. The highest BCUT2D eigenvalue weighted by atomic mass is 35.5. The zero-order valence-electron chi connectivity index (χ0n) is 17.1. The van der Waals surface area contributed by atoms with E-state index >= 15 is 0 Å². The SMILES string of the molecule is COc1ccc([C@H]2C=C(c3ccc(Cl)cc3)Nc3nc(NC(=O)CCC(=O)O)nn32)cc1. The van der Waals surface area contributed by atoms with E-state index in [-0.39, 0.29) is 24.8 Å². The number of benzene rings is 2. The van der Waals surface area contributed by atoms with Crippen LogP contribution < -0.4 is 15.4 Å². The zero-order valence-corrected chi connectivity index (χ0v) is 17.8. The maximum Gasteiger partial charge on any atom is 0.303 e. The summed E-state index contributed by atoms with van der Waals surface area (Å²) in [6.45, 7) is 0. The van der Waals surface area contributed by atoms with Crippen LogP contribution in [0, 0.1) is 0 Å². The molecule has 2 aromatic carbocycles. The Morgan fingerprint density at radius 3 is 2.53 bits per heavy atom. The first-order valence-corrected chi connectivity index (χ1v) is 10.2. The predicted molar refractivity (Wildman–Crippen MR) is 120 cm³/mol. The molecule has 0 bridgehead atoms. The van der Waals surface area contributed by atoms with E-state index in [0.29, 0.717) is 11.0 Å². The van der Waals surface area contributed by atoms with Gasteiger partial charge in [0.25, 0.3) is 5.95 Å². The molecule has 1 aliphatic heterocycles. The topological polar surface area (TPSA) is 118 Å². The lowest BCUT2D eigenvalue weighted by Crippen LogP contribution is -2.20. The lowest BCUT2D eigenvalue weighted by atomic mass is 10.0. The van der Waals surface area contributed by atoms with Gasteiger partial charge in [-0.25, -0.2) is 4.68 Å². The Hall–Kier alpha value is -3.85. The fraction of sp³-hybridized carbons (Fsp3) is 0.182. The maximum atomic E-state index is 12.0. The number of carbonyl (C=O) groups is 2. The molecule has 1 aromatic heterocycles. The van der Waals surface area contributed by atoms with Gasteiger partial charge in [0.05, 0.1) is 13.5 Å². The number of hydrogen-bond donors (Lipinski definition) is 3. The number of nitrogens with one attached hydrogen (secondary N) is 2. The highest BCUT2D eigenvalue weighted by molar-refractivity contribution is 6.30. The van der Waals surface area contributed by atoms with Crippen molar-refractivity contribution in [3.8, 4) is 5.75 Å². The monoisotopic (exact) mass is 453 g/mol.